The van der Waals surface area contributed by atoms with Crippen molar-refractivity contribution in [2.75, 3.05) is 0 Å². The molecule has 4 bridgehead atoms. The average Bonchev–Trinajstić information content (AvgIpc) is 3.34. The summed E-state index contributed by atoms with van der Waals surface area (Å²) in [6.07, 6.45) is 15.8. The zero-order valence-corrected chi connectivity index (χ0v) is 43.3. The molecule has 7 aliphatic carbocycles. The Morgan fingerprint density at radius 2 is 0.986 bits per heavy atom. The zero-order valence-electron chi connectivity index (χ0n) is 43.3. The van der Waals surface area contributed by atoms with Crippen molar-refractivity contribution in [3.05, 3.63) is 82.0 Å². The van der Waals surface area contributed by atoms with Gasteiger partial charge in [0.15, 0.2) is 0 Å². The fraction of sp³-hybridized carbons (Fsp3) is 0.679. The van der Waals surface area contributed by atoms with Crippen molar-refractivity contribution in [2.24, 2.45) is 47.3 Å². The van der Waals surface area contributed by atoms with Crippen molar-refractivity contribution < 1.29 is 77.5 Å². The van der Waals surface area contributed by atoms with Crippen LogP contribution in [0.15, 0.2) is 76.4 Å². The van der Waals surface area contributed by atoms with Gasteiger partial charge in [-0.1, -0.05) is 64.4 Å². The van der Waals surface area contributed by atoms with Crippen LogP contribution in [-0.2, 0) is 57.1 Å². The Hall–Kier alpha value is -5.54. The number of hydrogen-bond acceptors (Lipinski definition) is 16. The van der Waals surface area contributed by atoms with E-state index >= 15 is 0 Å². The first-order valence-electron chi connectivity index (χ1n) is 26.4. The Morgan fingerprint density at radius 1 is 0.542 bits per heavy atom. The summed E-state index contributed by atoms with van der Waals surface area (Å²) in [6, 6.07) is 10.3. The van der Waals surface area contributed by atoms with E-state index in [0.29, 0.717) is 55.8 Å². The fourth-order valence-corrected chi connectivity index (χ4v) is 13.1. The zero-order chi connectivity index (χ0) is 51.9. The van der Waals surface area contributed by atoms with Crippen LogP contribution in [0.3, 0.4) is 0 Å². The summed E-state index contributed by atoms with van der Waals surface area (Å²) >= 11 is 0. The summed E-state index contributed by atoms with van der Waals surface area (Å²) in [5.74, 6) is -2.42. The summed E-state index contributed by atoms with van der Waals surface area (Å²) in [7, 11) is 0. The van der Waals surface area contributed by atoms with Gasteiger partial charge in [0.2, 0.25) is 0 Å². The van der Waals surface area contributed by atoms with Crippen molar-refractivity contribution in [3.8, 4) is 0 Å². The molecule has 12 rings (SSSR count). The standard InChI is InChI=1S/C16H18O4.C14H18O4.C14H22O4.C12H18O4/c1-11-14(17)19-16(20-15(11)18)9-7-13(8-10-16)12-5-3-2-4-6-12;1-7-12(15)17-14(18-13(7)16)10-3-8-2-9(5-10)6-11(14)4-8;1-8(2)11-6-5-9(3)7-14(11)17-12(15)10(4)13(16)18-14;1-3-9-4-6-12(7-5-9)15-10(13)8(2)11(14)16-12/h2-6,13,17H,7-10H2,1H3;8-11,15H,2-6H2,1H3;8-9,11,15H,5-7H2,1-4H3;9,13H,3-7H2,1-2H3. The molecule has 7 saturated carbocycles. The highest BCUT2D eigenvalue weighted by atomic mass is 16.8. The number of rotatable bonds is 3. The van der Waals surface area contributed by atoms with Gasteiger partial charge in [-0.2, -0.15) is 0 Å². The van der Waals surface area contributed by atoms with E-state index < -0.39 is 47.0 Å². The van der Waals surface area contributed by atoms with E-state index in [1.54, 1.807) is 6.92 Å². The van der Waals surface area contributed by atoms with Crippen molar-refractivity contribution in [2.45, 2.75) is 194 Å². The van der Waals surface area contributed by atoms with Gasteiger partial charge in [-0.25, -0.2) is 19.2 Å². The fourth-order valence-electron chi connectivity index (χ4n) is 13.1. The number of esters is 4. The van der Waals surface area contributed by atoms with E-state index in [0.717, 1.165) is 82.5 Å². The summed E-state index contributed by atoms with van der Waals surface area (Å²) < 4.78 is 44.1. The van der Waals surface area contributed by atoms with Gasteiger partial charge in [0.25, 0.3) is 46.9 Å². The Kier molecular flexibility index (Phi) is 15.2. The molecule has 0 radical (unpaired) electrons. The van der Waals surface area contributed by atoms with Crippen LogP contribution in [0.4, 0.5) is 0 Å². The molecule has 11 aliphatic rings. The van der Waals surface area contributed by atoms with E-state index in [-0.39, 0.29) is 63.8 Å². The minimum atomic E-state index is -0.966. The van der Waals surface area contributed by atoms with Crippen LogP contribution < -0.4 is 0 Å². The largest absolute Gasteiger partial charge is 0.481 e. The highest BCUT2D eigenvalue weighted by Crippen LogP contribution is 2.61. The van der Waals surface area contributed by atoms with E-state index in [1.165, 1.54) is 32.8 Å². The smallest absolute Gasteiger partial charge is 0.344 e. The number of aliphatic hydroxyl groups excluding tert-OH is 4. The Morgan fingerprint density at radius 3 is 1.43 bits per heavy atom. The van der Waals surface area contributed by atoms with Crippen LogP contribution >= 0.6 is 0 Å². The van der Waals surface area contributed by atoms with Crippen LogP contribution in [0.5, 0.6) is 0 Å². The maximum atomic E-state index is 11.9. The molecule has 0 amide bonds. The molecule has 3 unspecified atom stereocenters. The van der Waals surface area contributed by atoms with Crippen molar-refractivity contribution >= 4 is 23.9 Å². The van der Waals surface area contributed by atoms with Gasteiger partial charge in [-0.15, -0.1) is 0 Å². The number of aliphatic hydroxyl groups is 4. The van der Waals surface area contributed by atoms with Crippen molar-refractivity contribution in [1.29, 1.82) is 0 Å². The molecule has 396 valence electrons. The number of benzene rings is 1. The van der Waals surface area contributed by atoms with Gasteiger partial charge in [0.1, 0.15) is 22.3 Å². The minimum absolute atomic E-state index is 0.132. The first kappa shape index (κ1) is 52.8. The molecule has 4 N–H and O–H groups in total. The first-order chi connectivity index (χ1) is 34.1. The monoisotopic (exact) mass is 1000 g/mol. The molecule has 1 aromatic rings. The van der Waals surface area contributed by atoms with Crippen LogP contribution in [0.1, 0.15) is 176 Å². The predicted octanol–water partition coefficient (Wildman–Crippen LogP) is 11.7. The van der Waals surface area contributed by atoms with Crippen LogP contribution in [0.2, 0.25) is 0 Å². The highest BCUT2D eigenvalue weighted by Gasteiger charge is 2.63. The molecule has 4 spiro atoms. The van der Waals surface area contributed by atoms with Gasteiger partial charge < -0.3 is 58.3 Å². The first-order valence-corrected chi connectivity index (χ1v) is 26.4. The lowest BCUT2D eigenvalue weighted by Crippen LogP contribution is -2.62. The van der Waals surface area contributed by atoms with Gasteiger partial charge in [-0.05, 0) is 139 Å². The molecule has 16 heteroatoms. The molecule has 16 nitrogen and oxygen atoms in total. The quantitative estimate of drug-likeness (QED) is 0.163. The van der Waals surface area contributed by atoms with Gasteiger partial charge in [0.05, 0.1) is 0 Å². The number of carbonyl (C=O) groups is 4. The normalized spacial score (nSPS) is 37.7. The number of carbonyl (C=O) groups excluding carboxylic acids is 4. The molecule has 72 heavy (non-hydrogen) atoms. The summed E-state index contributed by atoms with van der Waals surface area (Å²) in [5, 5.41) is 38.9. The number of ether oxygens (including phenoxy) is 8. The van der Waals surface area contributed by atoms with E-state index in [4.69, 9.17) is 37.9 Å². The average molecular weight is 1010 g/mol. The van der Waals surface area contributed by atoms with E-state index in [9.17, 15) is 39.6 Å². The van der Waals surface area contributed by atoms with Crippen molar-refractivity contribution in [3.63, 3.8) is 0 Å². The molecule has 0 saturated heterocycles. The van der Waals surface area contributed by atoms with E-state index in [2.05, 4.69) is 39.8 Å². The highest BCUT2D eigenvalue weighted by molar-refractivity contribution is 5.90. The lowest BCUT2D eigenvalue weighted by molar-refractivity contribution is -0.325. The van der Waals surface area contributed by atoms with Crippen molar-refractivity contribution in [1.82, 2.24) is 0 Å². The second-order valence-electron chi connectivity index (χ2n) is 22.6. The molecule has 7 fully saturated rings. The molecule has 3 atom stereocenters. The summed E-state index contributed by atoms with van der Waals surface area (Å²) in [5.41, 5.74) is 1.94. The molecule has 4 aliphatic heterocycles. The van der Waals surface area contributed by atoms with Crippen LogP contribution in [0, 0.1) is 47.3 Å². The molecular weight excluding hydrogens is 929 g/mol. The number of hydrogen-bond donors (Lipinski definition) is 4. The van der Waals surface area contributed by atoms with Gasteiger partial charge in [0, 0.05) is 49.9 Å². The topological polar surface area (TPSA) is 223 Å². The molecule has 1 aromatic carbocycles. The predicted molar refractivity (Wildman–Crippen MR) is 259 cm³/mol. The van der Waals surface area contributed by atoms with Gasteiger partial charge in [-0.3, -0.25) is 0 Å². The lowest BCUT2D eigenvalue weighted by Gasteiger charge is -2.59. The van der Waals surface area contributed by atoms with E-state index in [1.807, 2.05) is 18.2 Å². The third-order valence-corrected chi connectivity index (χ3v) is 17.4. The Balaban J connectivity index is 0.000000129. The van der Waals surface area contributed by atoms with Gasteiger partial charge >= 0.3 is 23.9 Å². The van der Waals surface area contributed by atoms with Crippen LogP contribution in [0.25, 0.3) is 0 Å². The second kappa shape index (κ2) is 20.8. The summed E-state index contributed by atoms with van der Waals surface area (Å²) in [4.78, 5) is 46.9. The maximum absolute atomic E-state index is 11.9. The molecular formula is C56H76O16. The Labute approximate surface area is 423 Å². The minimum Gasteiger partial charge on any atom is -0.481 e. The van der Waals surface area contributed by atoms with Crippen LogP contribution in [-0.4, -0.2) is 67.5 Å². The molecule has 0 aromatic heterocycles. The Bertz CT molecular complexity index is 2320. The third-order valence-electron chi connectivity index (χ3n) is 17.4. The third kappa shape index (κ3) is 10.6. The lowest BCUT2D eigenvalue weighted by atomic mass is 9.53. The SMILES string of the molecule is CC1=C(O)OC2(CC(C)CCC2C(C)C)OC1=O.CC1=C(O)OC2(CCC(c3ccccc3)CC2)OC1=O.CC1=C(O)OC2(OC1=O)C1CC3CC(C1)CC2C3.CCC1CCC2(CC1)OC(=O)C(C)=C(O)O2. The second-order valence-corrected chi connectivity index (χ2v) is 22.6. The maximum Gasteiger partial charge on any atom is 0.344 e. The summed E-state index contributed by atoms with van der Waals surface area (Å²) in [6.45, 7) is 14.5. The molecule has 4 heterocycles.